The maximum absolute atomic E-state index is 12.2. The second kappa shape index (κ2) is 9.78. The van der Waals surface area contributed by atoms with Gasteiger partial charge in [-0.3, -0.25) is 4.79 Å². The van der Waals surface area contributed by atoms with Gasteiger partial charge in [-0.05, 0) is 104 Å². The normalized spacial score (nSPS) is 47.8. The molecule has 0 heterocycles. The predicted octanol–water partition coefficient (Wildman–Crippen LogP) is 4.10. The van der Waals surface area contributed by atoms with Crippen LogP contribution < -0.4 is 11.1 Å². The van der Waals surface area contributed by atoms with Gasteiger partial charge < -0.3 is 21.3 Å². The molecule has 0 aromatic carbocycles. The summed E-state index contributed by atoms with van der Waals surface area (Å²) >= 11 is 0. The maximum atomic E-state index is 12.2. The molecule has 5 heteroatoms. The summed E-state index contributed by atoms with van der Waals surface area (Å²) < 4.78 is 0. The average molecular weight is 463 g/mol. The Morgan fingerprint density at radius 1 is 1.06 bits per heavy atom. The van der Waals surface area contributed by atoms with Gasteiger partial charge in [0.05, 0.1) is 12.2 Å². The van der Waals surface area contributed by atoms with E-state index in [4.69, 9.17) is 5.73 Å². The van der Waals surface area contributed by atoms with Gasteiger partial charge in [0.15, 0.2) is 0 Å². The van der Waals surface area contributed by atoms with Crippen LogP contribution in [0.1, 0.15) is 91.9 Å². The summed E-state index contributed by atoms with van der Waals surface area (Å²) in [5.41, 5.74) is 6.05. The third kappa shape index (κ3) is 4.29. The third-order valence-electron chi connectivity index (χ3n) is 11.4. The van der Waals surface area contributed by atoms with Crippen LogP contribution in [0.3, 0.4) is 0 Å². The Morgan fingerprint density at radius 3 is 2.45 bits per heavy atom. The molecule has 0 spiro atoms. The minimum atomic E-state index is -0.232. The molecule has 33 heavy (non-hydrogen) atoms. The zero-order valence-corrected chi connectivity index (χ0v) is 21.6. The van der Waals surface area contributed by atoms with Gasteiger partial charge in [-0.25, -0.2) is 0 Å². The van der Waals surface area contributed by atoms with E-state index in [0.717, 1.165) is 32.1 Å². The second-order valence-electron chi connectivity index (χ2n) is 12.8. The molecular formula is C28H50N2O3. The summed E-state index contributed by atoms with van der Waals surface area (Å²) in [6, 6.07) is 0. The Morgan fingerprint density at radius 2 is 1.76 bits per heavy atom. The number of rotatable bonds is 7. The zero-order valence-electron chi connectivity index (χ0n) is 21.6. The number of amides is 1. The smallest absolute Gasteiger partial charge is 0.220 e. The standard InChI is InChI=1S/C28H50N2O3/c1-5-19-23-16-18(31)10-12-28(23,4)22-11-13-27(3)20(7-8-21(27)25(22)26(19)33)17(2)6-9-24(32)30-15-14-29/h17-23,25-26,31,33H,5-16,29H2,1-4H3,(H,30,32)/t17-,18-,19-,20-,21+,22+,23+,25+,26-,27-,28-/m1/s1. The van der Waals surface area contributed by atoms with Gasteiger partial charge >= 0.3 is 0 Å². The van der Waals surface area contributed by atoms with Gasteiger partial charge in [0, 0.05) is 19.5 Å². The van der Waals surface area contributed by atoms with Gasteiger partial charge in [0.1, 0.15) is 0 Å². The Kier molecular flexibility index (Phi) is 7.54. The largest absolute Gasteiger partial charge is 0.393 e. The first-order valence-corrected chi connectivity index (χ1v) is 14.0. The molecule has 1 amide bonds. The molecule has 0 aliphatic heterocycles. The molecule has 0 bridgehead atoms. The lowest BCUT2D eigenvalue weighted by molar-refractivity contribution is -0.203. The lowest BCUT2D eigenvalue weighted by atomic mass is 9.41. The van der Waals surface area contributed by atoms with Crippen molar-refractivity contribution in [1.29, 1.82) is 0 Å². The van der Waals surface area contributed by atoms with Crippen molar-refractivity contribution in [3.63, 3.8) is 0 Å². The molecule has 5 N–H and O–H groups in total. The van der Waals surface area contributed by atoms with Crippen molar-refractivity contribution in [3.05, 3.63) is 0 Å². The van der Waals surface area contributed by atoms with Crippen LogP contribution in [0.4, 0.5) is 0 Å². The molecule has 0 aromatic rings. The summed E-state index contributed by atoms with van der Waals surface area (Å²) in [6.07, 6.45) is 9.97. The van der Waals surface area contributed by atoms with Crippen LogP contribution >= 0.6 is 0 Å². The quantitative estimate of drug-likeness (QED) is 0.458. The molecule has 4 fully saturated rings. The number of aliphatic hydroxyl groups is 2. The molecule has 0 aromatic heterocycles. The van der Waals surface area contributed by atoms with Crippen molar-refractivity contribution in [2.75, 3.05) is 13.1 Å². The van der Waals surface area contributed by atoms with Gasteiger partial charge in [-0.2, -0.15) is 0 Å². The minimum Gasteiger partial charge on any atom is -0.393 e. The maximum Gasteiger partial charge on any atom is 0.220 e. The van der Waals surface area contributed by atoms with Crippen molar-refractivity contribution in [2.45, 2.75) is 104 Å². The highest BCUT2D eigenvalue weighted by Gasteiger charge is 2.64. The fourth-order valence-electron chi connectivity index (χ4n) is 9.79. The Hall–Kier alpha value is -0.650. The number of carbonyl (C=O) groups excluding carboxylic acids is 1. The van der Waals surface area contributed by atoms with Crippen LogP contribution in [-0.4, -0.2) is 41.4 Å². The fourth-order valence-corrected chi connectivity index (χ4v) is 9.79. The molecular weight excluding hydrogens is 412 g/mol. The van der Waals surface area contributed by atoms with E-state index >= 15 is 0 Å². The number of nitrogens with one attached hydrogen (secondary N) is 1. The topological polar surface area (TPSA) is 95.6 Å². The van der Waals surface area contributed by atoms with Gasteiger partial charge in [-0.15, -0.1) is 0 Å². The molecule has 4 aliphatic carbocycles. The van der Waals surface area contributed by atoms with Crippen LogP contribution in [0.5, 0.6) is 0 Å². The van der Waals surface area contributed by atoms with Crippen molar-refractivity contribution >= 4 is 5.91 Å². The van der Waals surface area contributed by atoms with Crippen molar-refractivity contribution in [3.8, 4) is 0 Å². The van der Waals surface area contributed by atoms with E-state index < -0.39 is 0 Å². The molecule has 0 unspecified atom stereocenters. The summed E-state index contributed by atoms with van der Waals surface area (Å²) in [6.45, 7) is 10.7. The first-order valence-electron chi connectivity index (χ1n) is 14.0. The van der Waals surface area contributed by atoms with Crippen molar-refractivity contribution in [1.82, 2.24) is 5.32 Å². The molecule has 0 radical (unpaired) electrons. The Bertz CT molecular complexity index is 701. The van der Waals surface area contributed by atoms with Gasteiger partial charge in [0.25, 0.3) is 0 Å². The van der Waals surface area contributed by atoms with E-state index in [1.54, 1.807) is 0 Å². The SMILES string of the molecule is CC[C@H]1[C@@H](O)[C@@H]2[C@H](CC[C@]3(C)[C@@H]([C@H](C)CCC(=O)NCCN)CC[C@@H]23)[C@@]2(C)CC[C@@H](O)C[C@@H]12. The fraction of sp³-hybridized carbons (Fsp3) is 0.964. The van der Waals surface area contributed by atoms with E-state index in [9.17, 15) is 15.0 Å². The molecule has 190 valence electrons. The minimum absolute atomic E-state index is 0.127. The summed E-state index contributed by atoms with van der Waals surface area (Å²) in [5, 5.41) is 25.2. The predicted molar refractivity (Wildman–Crippen MR) is 132 cm³/mol. The Labute approximate surface area is 201 Å². The first kappa shape index (κ1) is 25.4. The van der Waals surface area contributed by atoms with Crippen LogP contribution in [0, 0.1) is 52.3 Å². The highest BCUT2D eigenvalue weighted by Crippen LogP contribution is 2.69. The van der Waals surface area contributed by atoms with Crippen LogP contribution in [0.2, 0.25) is 0 Å². The van der Waals surface area contributed by atoms with E-state index in [-0.39, 0.29) is 28.9 Å². The molecule has 4 saturated carbocycles. The second-order valence-corrected chi connectivity index (χ2v) is 12.8. The number of nitrogens with two attached hydrogens (primary N) is 1. The number of hydrogen-bond donors (Lipinski definition) is 4. The molecule has 0 saturated heterocycles. The summed E-state index contributed by atoms with van der Waals surface area (Å²) in [4.78, 5) is 12.2. The van der Waals surface area contributed by atoms with Crippen molar-refractivity contribution in [2.24, 2.45) is 58.0 Å². The van der Waals surface area contributed by atoms with Crippen molar-refractivity contribution < 1.29 is 15.0 Å². The van der Waals surface area contributed by atoms with Gasteiger partial charge in [-0.1, -0.05) is 34.1 Å². The monoisotopic (exact) mass is 462 g/mol. The van der Waals surface area contributed by atoms with E-state index in [1.165, 1.54) is 25.7 Å². The average Bonchev–Trinajstić information content (AvgIpc) is 3.14. The lowest BCUT2D eigenvalue weighted by Gasteiger charge is -2.64. The van der Waals surface area contributed by atoms with E-state index in [1.807, 2.05) is 0 Å². The highest BCUT2D eigenvalue weighted by atomic mass is 16.3. The van der Waals surface area contributed by atoms with E-state index in [2.05, 4.69) is 33.0 Å². The molecule has 4 aliphatic rings. The number of hydrogen-bond acceptors (Lipinski definition) is 4. The van der Waals surface area contributed by atoms with Crippen LogP contribution in [-0.2, 0) is 4.79 Å². The summed E-state index contributed by atoms with van der Waals surface area (Å²) in [7, 11) is 0. The first-order chi connectivity index (χ1) is 15.7. The number of fused-ring (bicyclic) bond motifs is 5. The summed E-state index contributed by atoms with van der Waals surface area (Å²) in [5.74, 6) is 3.63. The van der Waals surface area contributed by atoms with Gasteiger partial charge in [0.2, 0.25) is 5.91 Å². The van der Waals surface area contributed by atoms with E-state index in [0.29, 0.717) is 60.9 Å². The molecule has 4 rings (SSSR count). The lowest BCUT2D eigenvalue weighted by Crippen LogP contribution is -2.62. The third-order valence-corrected chi connectivity index (χ3v) is 11.4. The molecule has 5 nitrogen and oxygen atoms in total. The number of carbonyl (C=O) groups is 1. The zero-order chi connectivity index (χ0) is 24.0. The Balaban J connectivity index is 1.52. The number of aliphatic hydroxyl groups excluding tert-OH is 2. The van der Waals surface area contributed by atoms with Crippen LogP contribution in [0.15, 0.2) is 0 Å². The highest BCUT2D eigenvalue weighted by molar-refractivity contribution is 5.75. The van der Waals surface area contributed by atoms with Crippen LogP contribution in [0.25, 0.3) is 0 Å². The molecule has 11 atom stereocenters.